The Kier molecular flexibility index (Phi) is 5.69. The van der Waals surface area contributed by atoms with Gasteiger partial charge in [-0.15, -0.1) is 0 Å². The van der Waals surface area contributed by atoms with Crippen molar-refractivity contribution in [3.05, 3.63) is 95.1 Å². The average molecular weight is 429 g/mol. The van der Waals surface area contributed by atoms with Crippen molar-refractivity contribution in [3.63, 3.8) is 0 Å². The van der Waals surface area contributed by atoms with Crippen molar-refractivity contribution >= 4 is 23.1 Å². The van der Waals surface area contributed by atoms with Crippen LogP contribution in [-0.2, 0) is 9.59 Å². The molecule has 0 unspecified atom stereocenters. The number of hydrogen-bond donors (Lipinski definition) is 1. The molecule has 1 aliphatic rings. The maximum atomic E-state index is 13.2. The molecule has 3 aromatic rings. The van der Waals surface area contributed by atoms with Crippen LogP contribution < -0.4 is 14.4 Å². The van der Waals surface area contributed by atoms with Crippen LogP contribution in [0.25, 0.3) is 5.76 Å². The molecular weight excluding hydrogens is 406 g/mol. The molecule has 1 aliphatic heterocycles. The van der Waals surface area contributed by atoms with Gasteiger partial charge in [0.05, 0.1) is 25.8 Å². The van der Waals surface area contributed by atoms with E-state index in [2.05, 4.69) is 0 Å². The Bertz CT molecular complexity index is 1220. The fourth-order valence-electron chi connectivity index (χ4n) is 3.97. The van der Waals surface area contributed by atoms with Gasteiger partial charge in [-0.05, 0) is 36.8 Å². The zero-order valence-electron chi connectivity index (χ0n) is 18.0. The highest BCUT2D eigenvalue weighted by Crippen LogP contribution is 2.45. The van der Waals surface area contributed by atoms with Gasteiger partial charge < -0.3 is 14.6 Å². The second-order valence-corrected chi connectivity index (χ2v) is 7.48. The lowest BCUT2D eigenvalue weighted by atomic mass is 9.94. The van der Waals surface area contributed by atoms with Gasteiger partial charge in [-0.1, -0.05) is 42.5 Å². The van der Waals surface area contributed by atoms with Gasteiger partial charge in [0, 0.05) is 22.9 Å². The molecule has 0 bridgehead atoms. The topological polar surface area (TPSA) is 76.1 Å². The number of nitrogens with zero attached hydrogens (tertiary/aromatic N) is 1. The molecule has 0 radical (unpaired) electrons. The molecule has 1 amide bonds. The number of ketones is 1. The normalized spacial score (nSPS) is 17.5. The third-order valence-corrected chi connectivity index (χ3v) is 5.51. The number of anilines is 1. The molecule has 1 N–H and O–H groups in total. The summed E-state index contributed by atoms with van der Waals surface area (Å²) in [5, 5.41) is 11.1. The van der Waals surface area contributed by atoms with Crippen molar-refractivity contribution in [2.75, 3.05) is 19.1 Å². The predicted octanol–water partition coefficient (Wildman–Crippen LogP) is 4.64. The quantitative estimate of drug-likeness (QED) is 0.363. The maximum absolute atomic E-state index is 13.2. The number of hydrogen-bond acceptors (Lipinski definition) is 5. The Labute approximate surface area is 186 Å². The van der Waals surface area contributed by atoms with Gasteiger partial charge in [-0.25, -0.2) is 0 Å². The first-order chi connectivity index (χ1) is 15.5. The number of amides is 1. The minimum Gasteiger partial charge on any atom is -0.507 e. The number of benzene rings is 3. The van der Waals surface area contributed by atoms with Crippen LogP contribution in [0.1, 0.15) is 22.7 Å². The molecule has 6 heteroatoms. The zero-order valence-corrected chi connectivity index (χ0v) is 18.0. The summed E-state index contributed by atoms with van der Waals surface area (Å²) in [4.78, 5) is 27.9. The summed E-state index contributed by atoms with van der Waals surface area (Å²) in [7, 11) is 3.05. The van der Waals surface area contributed by atoms with E-state index in [4.69, 9.17) is 9.47 Å². The third kappa shape index (κ3) is 3.60. The van der Waals surface area contributed by atoms with Crippen LogP contribution in [0.4, 0.5) is 5.69 Å². The van der Waals surface area contributed by atoms with E-state index in [1.165, 1.54) is 12.0 Å². The summed E-state index contributed by atoms with van der Waals surface area (Å²) < 4.78 is 10.9. The summed E-state index contributed by atoms with van der Waals surface area (Å²) in [6, 6.07) is 20.3. The van der Waals surface area contributed by atoms with E-state index in [0.717, 1.165) is 5.56 Å². The second kappa shape index (κ2) is 8.59. The van der Waals surface area contributed by atoms with E-state index < -0.39 is 17.7 Å². The van der Waals surface area contributed by atoms with E-state index in [0.29, 0.717) is 28.3 Å². The fraction of sp³-hybridized carbons (Fsp3) is 0.154. The van der Waals surface area contributed by atoms with Crippen molar-refractivity contribution in [2.45, 2.75) is 13.0 Å². The van der Waals surface area contributed by atoms with Crippen LogP contribution in [0.3, 0.4) is 0 Å². The fourth-order valence-corrected chi connectivity index (χ4v) is 3.97. The highest BCUT2D eigenvalue weighted by atomic mass is 16.5. The van der Waals surface area contributed by atoms with Crippen molar-refractivity contribution in [1.29, 1.82) is 0 Å². The smallest absolute Gasteiger partial charge is 0.300 e. The largest absolute Gasteiger partial charge is 0.507 e. The molecule has 1 saturated heterocycles. The van der Waals surface area contributed by atoms with Crippen molar-refractivity contribution in [2.24, 2.45) is 0 Å². The Morgan fingerprint density at radius 2 is 1.66 bits per heavy atom. The Morgan fingerprint density at radius 1 is 0.906 bits per heavy atom. The van der Waals surface area contributed by atoms with Crippen LogP contribution in [0.2, 0.25) is 0 Å². The Morgan fingerprint density at radius 3 is 2.31 bits per heavy atom. The molecule has 1 fully saturated rings. The van der Waals surface area contributed by atoms with E-state index in [1.54, 1.807) is 55.6 Å². The molecule has 3 aromatic carbocycles. The van der Waals surface area contributed by atoms with Gasteiger partial charge in [-0.2, -0.15) is 0 Å². The number of rotatable bonds is 5. The zero-order chi connectivity index (χ0) is 22.8. The highest BCUT2D eigenvalue weighted by molar-refractivity contribution is 6.51. The lowest BCUT2D eigenvalue weighted by Gasteiger charge is -2.27. The molecule has 1 heterocycles. The SMILES string of the molecule is COc1ccc([C@@H]2/C(=C(\O)c3ccccc3)C(=O)C(=O)N2c2cccc(C)c2)c(OC)c1. The van der Waals surface area contributed by atoms with Gasteiger partial charge in [0.15, 0.2) is 0 Å². The number of carbonyl (C=O) groups excluding carboxylic acids is 2. The van der Waals surface area contributed by atoms with Crippen molar-refractivity contribution in [1.82, 2.24) is 0 Å². The molecule has 0 saturated carbocycles. The van der Waals surface area contributed by atoms with E-state index >= 15 is 0 Å². The first-order valence-corrected chi connectivity index (χ1v) is 10.1. The first kappa shape index (κ1) is 21.2. The summed E-state index contributed by atoms with van der Waals surface area (Å²) in [6.07, 6.45) is 0. The second-order valence-electron chi connectivity index (χ2n) is 7.48. The number of ether oxygens (including phenoxy) is 2. The number of aryl methyl sites for hydroxylation is 1. The molecular formula is C26H23NO5. The molecule has 0 spiro atoms. The van der Waals surface area contributed by atoms with Gasteiger partial charge in [0.25, 0.3) is 11.7 Å². The molecule has 6 nitrogen and oxygen atoms in total. The minimum absolute atomic E-state index is 0.00572. The van der Waals surface area contributed by atoms with E-state index in [1.807, 2.05) is 31.2 Å². The molecule has 32 heavy (non-hydrogen) atoms. The number of methoxy groups -OCH3 is 2. The average Bonchev–Trinajstić information content (AvgIpc) is 3.08. The number of carbonyl (C=O) groups is 2. The lowest BCUT2D eigenvalue weighted by molar-refractivity contribution is -0.132. The monoisotopic (exact) mass is 429 g/mol. The van der Waals surface area contributed by atoms with Gasteiger partial charge >= 0.3 is 0 Å². The lowest BCUT2D eigenvalue weighted by Crippen LogP contribution is -2.29. The third-order valence-electron chi connectivity index (χ3n) is 5.51. The molecule has 0 aromatic heterocycles. The van der Waals surface area contributed by atoms with Crippen molar-refractivity contribution in [3.8, 4) is 11.5 Å². The Balaban J connectivity index is 2.00. The molecule has 4 rings (SSSR count). The molecule has 162 valence electrons. The van der Waals surface area contributed by atoms with Crippen LogP contribution in [-0.4, -0.2) is 31.0 Å². The summed E-state index contributed by atoms with van der Waals surface area (Å²) in [5.41, 5.74) is 2.51. The molecule has 1 atom stereocenters. The number of aliphatic hydroxyl groups is 1. The summed E-state index contributed by atoms with van der Waals surface area (Å²) >= 11 is 0. The number of aliphatic hydroxyl groups excluding tert-OH is 1. The van der Waals surface area contributed by atoms with Gasteiger partial charge in [0.2, 0.25) is 0 Å². The van der Waals surface area contributed by atoms with Crippen molar-refractivity contribution < 1.29 is 24.2 Å². The predicted molar refractivity (Wildman–Crippen MR) is 122 cm³/mol. The van der Waals surface area contributed by atoms with Gasteiger partial charge in [0.1, 0.15) is 17.3 Å². The number of Topliss-reactive ketones (excluding diaryl/α,β-unsaturated/α-hetero) is 1. The maximum Gasteiger partial charge on any atom is 0.300 e. The minimum atomic E-state index is -0.877. The first-order valence-electron chi connectivity index (χ1n) is 10.1. The van der Waals surface area contributed by atoms with E-state index in [-0.39, 0.29) is 11.3 Å². The van der Waals surface area contributed by atoms with Crippen LogP contribution >= 0.6 is 0 Å². The standard InChI is InChI=1S/C26H23NO5/c1-16-8-7-11-18(14-16)27-23(20-13-12-19(31-2)15-21(20)32-3)22(25(29)26(27)30)24(28)17-9-5-4-6-10-17/h4-15,23,28H,1-3H3/b24-22+/t23-/m1/s1. The van der Waals surface area contributed by atoms with Crippen LogP contribution in [0.15, 0.2) is 78.4 Å². The van der Waals surface area contributed by atoms with Gasteiger partial charge in [-0.3, -0.25) is 14.5 Å². The molecule has 0 aliphatic carbocycles. The van der Waals surface area contributed by atoms with E-state index in [9.17, 15) is 14.7 Å². The summed E-state index contributed by atoms with van der Waals surface area (Å²) in [5.74, 6) is -0.692. The highest BCUT2D eigenvalue weighted by Gasteiger charge is 2.48. The summed E-state index contributed by atoms with van der Waals surface area (Å²) in [6.45, 7) is 1.91. The van der Waals surface area contributed by atoms with Crippen LogP contribution in [0.5, 0.6) is 11.5 Å². The van der Waals surface area contributed by atoms with Crippen LogP contribution in [0, 0.1) is 6.92 Å². The Hall–Kier alpha value is -4.06.